The van der Waals surface area contributed by atoms with Crippen LogP contribution in [0.4, 0.5) is 0 Å². The number of rotatable bonds is 3. The van der Waals surface area contributed by atoms with Gasteiger partial charge in [-0.15, -0.1) is 11.6 Å². The molecule has 0 fully saturated rings. The van der Waals surface area contributed by atoms with Gasteiger partial charge in [-0.25, -0.2) is 0 Å². The number of aromatic nitrogens is 1. The van der Waals surface area contributed by atoms with Crippen LogP contribution in [0.15, 0.2) is 18.3 Å². The molecule has 0 spiro atoms. The lowest BCUT2D eigenvalue weighted by molar-refractivity contribution is 0.197. The Bertz CT molecular complexity index is 174. The Morgan fingerprint density at radius 3 is 3.00 bits per heavy atom. The zero-order chi connectivity index (χ0) is 7.40. The van der Waals surface area contributed by atoms with Gasteiger partial charge in [0.25, 0.3) is 0 Å². The first-order valence-electron chi connectivity index (χ1n) is 3.19. The molecule has 1 rings (SSSR count). The lowest BCUT2D eigenvalue weighted by atomic mass is 10.2. The summed E-state index contributed by atoms with van der Waals surface area (Å²) in [6.45, 7) is 0. The molecule has 1 heterocycles. The van der Waals surface area contributed by atoms with Crippen molar-refractivity contribution in [2.24, 2.45) is 0 Å². The van der Waals surface area contributed by atoms with Crippen molar-refractivity contribution in [1.82, 2.24) is 4.98 Å². The molecule has 2 nitrogen and oxygen atoms in total. The normalized spacial score (nSPS) is 13.4. The summed E-state index contributed by atoms with van der Waals surface area (Å²) in [5.41, 5.74) is 1.02. The van der Waals surface area contributed by atoms with E-state index in [1.54, 1.807) is 0 Å². The molecule has 0 radical (unpaired) electrons. The molecule has 0 saturated carbocycles. The topological polar surface area (TPSA) is 36.0 Å². The summed E-state index contributed by atoms with van der Waals surface area (Å²) in [6, 6.07) is 3.83. The Morgan fingerprint density at radius 2 is 2.50 bits per heavy atom. The van der Waals surface area contributed by atoms with Crippen molar-refractivity contribution in [2.75, 3.05) is 5.88 Å². The van der Waals surface area contributed by atoms with E-state index in [-0.39, 0.29) is 0 Å². The molecular formula is C7H10ClNO. The Morgan fingerprint density at radius 1 is 1.70 bits per heavy atom. The molecule has 10 heavy (non-hydrogen) atoms. The molecule has 1 aromatic rings. The number of H-pyrrole nitrogens is 1. The van der Waals surface area contributed by atoms with Crippen LogP contribution < -0.4 is 0 Å². The van der Waals surface area contributed by atoms with Crippen LogP contribution in [0.1, 0.15) is 5.69 Å². The third kappa shape index (κ3) is 2.05. The molecule has 2 N–H and O–H groups in total. The van der Waals surface area contributed by atoms with E-state index in [0.717, 1.165) is 5.69 Å². The van der Waals surface area contributed by atoms with Crippen molar-refractivity contribution in [3.05, 3.63) is 24.0 Å². The fraction of sp³-hybridized carbons (Fsp3) is 0.429. The molecule has 1 unspecified atom stereocenters. The van der Waals surface area contributed by atoms with Gasteiger partial charge in [-0.1, -0.05) is 0 Å². The van der Waals surface area contributed by atoms with Crippen molar-refractivity contribution in [2.45, 2.75) is 12.5 Å². The molecule has 56 valence electrons. The maximum atomic E-state index is 9.08. The van der Waals surface area contributed by atoms with Crippen LogP contribution in [0.5, 0.6) is 0 Å². The molecule has 1 atom stereocenters. The van der Waals surface area contributed by atoms with Crippen molar-refractivity contribution in [3.8, 4) is 0 Å². The van der Waals surface area contributed by atoms with Crippen LogP contribution in [0, 0.1) is 0 Å². The van der Waals surface area contributed by atoms with E-state index in [9.17, 15) is 0 Å². The van der Waals surface area contributed by atoms with Crippen LogP contribution in [0.2, 0.25) is 0 Å². The summed E-state index contributed by atoms with van der Waals surface area (Å²) in [6.07, 6.45) is 2.01. The summed E-state index contributed by atoms with van der Waals surface area (Å²) in [7, 11) is 0. The van der Waals surface area contributed by atoms with E-state index in [2.05, 4.69) is 4.98 Å². The van der Waals surface area contributed by atoms with Crippen LogP contribution in [-0.2, 0) is 6.42 Å². The Balaban J connectivity index is 2.40. The molecule has 0 aliphatic rings. The average molecular weight is 160 g/mol. The fourth-order valence-corrected chi connectivity index (χ4v) is 0.912. The second-order valence-electron chi connectivity index (χ2n) is 2.21. The fourth-order valence-electron chi connectivity index (χ4n) is 0.803. The van der Waals surface area contributed by atoms with Gasteiger partial charge in [0.05, 0.1) is 6.10 Å². The number of aromatic amines is 1. The number of alkyl halides is 1. The van der Waals surface area contributed by atoms with Gasteiger partial charge in [0.1, 0.15) is 0 Å². The summed E-state index contributed by atoms with van der Waals surface area (Å²) in [5.74, 6) is 0.291. The van der Waals surface area contributed by atoms with E-state index < -0.39 is 6.10 Å². The van der Waals surface area contributed by atoms with E-state index in [1.807, 2.05) is 18.3 Å². The standard InChI is InChI=1S/C7H10ClNO/c8-5-7(10)4-6-2-1-3-9-6/h1-3,7,9-10H,4-5H2. The Labute approximate surface area is 64.8 Å². The number of aliphatic hydroxyl groups is 1. The molecule has 0 saturated heterocycles. The smallest absolute Gasteiger partial charge is 0.0730 e. The minimum absolute atomic E-state index is 0.291. The maximum absolute atomic E-state index is 9.08. The van der Waals surface area contributed by atoms with Crippen LogP contribution >= 0.6 is 11.6 Å². The maximum Gasteiger partial charge on any atom is 0.0730 e. The van der Waals surface area contributed by atoms with E-state index in [4.69, 9.17) is 16.7 Å². The van der Waals surface area contributed by atoms with Gasteiger partial charge in [-0.05, 0) is 12.1 Å². The van der Waals surface area contributed by atoms with E-state index >= 15 is 0 Å². The summed E-state index contributed by atoms with van der Waals surface area (Å²) in [4.78, 5) is 2.98. The van der Waals surface area contributed by atoms with Gasteiger partial charge >= 0.3 is 0 Å². The Kier molecular flexibility index (Phi) is 2.78. The van der Waals surface area contributed by atoms with Crippen LogP contribution in [-0.4, -0.2) is 22.1 Å². The van der Waals surface area contributed by atoms with Gasteiger partial charge in [-0.3, -0.25) is 0 Å². The summed E-state index contributed by atoms with van der Waals surface area (Å²) in [5, 5.41) is 9.08. The molecule has 0 aliphatic carbocycles. The van der Waals surface area contributed by atoms with Crippen molar-refractivity contribution in [1.29, 1.82) is 0 Å². The minimum Gasteiger partial charge on any atom is -0.391 e. The minimum atomic E-state index is -0.430. The predicted octanol–water partition coefficient (Wildman–Crippen LogP) is 1.16. The van der Waals surface area contributed by atoms with Crippen molar-refractivity contribution >= 4 is 11.6 Å². The largest absolute Gasteiger partial charge is 0.391 e. The molecule has 0 aromatic carbocycles. The third-order valence-corrected chi connectivity index (χ3v) is 1.65. The van der Waals surface area contributed by atoms with Crippen molar-refractivity contribution in [3.63, 3.8) is 0 Å². The molecule has 1 aromatic heterocycles. The first kappa shape index (κ1) is 7.63. The highest BCUT2D eigenvalue weighted by atomic mass is 35.5. The number of hydrogen-bond donors (Lipinski definition) is 2. The van der Waals surface area contributed by atoms with Crippen LogP contribution in [0.3, 0.4) is 0 Å². The SMILES string of the molecule is OC(CCl)Cc1ccc[nH]1. The van der Waals surface area contributed by atoms with E-state index in [1.165, 1.54) is 0 Å². The zero-order valence-electron chi connectivity index (χ0n) is 5.55. The van der Waals surface area contributed by atoms with Gasteiger partial charge < -0.3 is 10.1 Å². The molecule has 0 amide bonds. The predicted molar refractivity (Wildman–Crippen MR) is 41.2 cm³/mol. The highest BCUT2D eigenvalue weighted by Gasteiger charge is 2.02. The highest BCUT2D eigenvalue weighted by Crippen LogP contribution is 2.00. The lowest BCUT2D eigenvalue weighted by Gasteiger charge is -2.02. The third-order valence-electron chi connectivity index (χ3n) is 1.30. The quantitative estimate of drug-likeness (QED) is 0.638. The number of hydrogen-bond acceptors (Lipinski definition) is 1. The zero-order valence-corrected chi connectivity index (χ0v) is 6.30. The number of halogens is 1. The van der Waals surface area contributed by atoms with Gasteiger partial charge in [0, 0.05) is 24.2 Å². The number of aliphatic hydroxyl groups excluding tert-OH is 1. The second kappa shape index (κ2) is 3.64. The first-order chi connectivity index (χ1) is 4.83. The monoisotopic (exact) mass is 159 g/mol. The second-order valence-corrected chi connectivity index (χ2v) is 2.52. The van der Waals surface area contributed by atoms with Gasteiger partial charge in [0.2, 0.25) is 0 Å². The molecule has 0 bridgehead atoms. The lowest BCUT2D eigenvalue weighted by Crippen LogP contribution is -2.11. The van der Waals surface area contributed by atoms with Gasteiger partial charge in [-0.2, -0.15) is 0 Å². The summed E-state index contributed by atoms with van der Waals surface area (Å²) >= 11 is 5.41. The Hall–Kier alpha value is -0.470. The first-order valence-corrected chi connectivity index (χ1v) is 3.72. The van der Waals surface area contributed by atoms with Gasteiger partial charge in [0.15, 0.2) is 0 Å². The highest BCUT2D eigenvalue weighted by molar-refractivity contribution is 6.18. The number of nitrogens with one attached hydrogen (secondary N) is 1. The van der Waals surface area contributed by atoms with Crippen molar-refractivity contribution < 1.29 is 5.11 Å². The van der Waals surface area contributed by atoms with Crippen LogP contribution in [0.25, 0.3) is 0 Å². The summed E-state index contributed by atoms with van der Waals surface area (Å²) < 4.78 is 0. The molecule has 3 heteroatoms. The molecule has 0 aliphatic heterocycles. The molecular weight excluding hydrogens is 150 g/mol. The average Bonchev–Trinajstić information content (AvgIpc) is 2.40. The van der Waals surface area contributed by atoms with E-state index in [0.29, 0.717) is 12.3 Å².